The first-order valence-corrected chi connectivity index (χ1v) is 7.60. The summed E-state index contributed by atoms with van der Waals surface area (Å²) in [5.41, 5.74) is 1.40. The molecule has 1 N–H and O–H groups in total. The molecule has 1 amide bonds. The second kappa shape index (κ2) is 8.66. The van der Waals surface area contributed by atoms with Crippen molar-refractivity contribution >= 4 is 23.4 Å². The van der Waals surface area contributed by atoms with Gasteiger partial charge in [0.05, 0.1) is 22.7 Å². The van der Waals surface area contributed by atoms with Crippen LogP contribution in [0.1, 0.15) is 16.8 Å². The van der Waals surface area contributed by atoms with Crippen LogP contribution in [0.2, 0.25) is 5.15 Å². The number of aryl methyl sites for hydroxylation is 1. The Bertz CT molecular complexity index is 844. The van der Waals surface area contributed by atoms with Crippen molar-refractivity contribution in [1.82, 2.24) is 10.3 Å². The van der Waals surface area contributed by atoms with Crippen molar-refractivity contribution in [2.75, 3.05) is 6.54 Å². The number of aromatic nitrogens is 1. The van der Waals surface area contributed by atoms with E-state index in [0.29, 0.717) is 11.3 Å². The normalized spacial score (nSPS) is 9.68. The number of nitro groups is 1. The lowest BCUT2D eigenvalue weighted by Crippen LogP contribution is -2.24. The van der Waals surface area contributed by atoms with Crippen LogP contribution in [-0.4, -0.2) is 22.5 Å². The first-order chi connectivity index (χ1) is 12.0. The van der Waals surface area contributed by atoms with Gasteiger partial charge in [-0.1, -0.05) is 53.8 Å². The number of alkyl carbamates (subject to hydrolysis) is 1. The zero-order valence-corrected chi connectivity index (χ0v) is 14.0. The molecule has 25 heavy (non-hydrogen) atoms. The summed E-state index contributed by atoms with van der Waals surface area (Å²) in [6.45, 7) is 1.83. The highest BCUT2D eigenvalue weighted by molar-refractivity contribution is 6.31. The quantitative estimate of drug-likeness (QED) is 0.391. The van der Waals surface area contributed by atoms with Crippen LogP contribution in [0, 0.1) is 28.9 Å². The average molecular weight is 360 g/mol. The number of halogens is 1. The Balaban J connectivity index is 1.89. The van der Waals surface area contributed by atoms with E-state index < -0.39 is 11.0 Å². The molecule has 0 bridgehead atoms. The van der Waals surface area contributed by atoms with Crippen LogP contribution in [0.25, 0.3) is 0 Å². The van der Waals surface area contributed by atoms with E-state index in [1.165, 1.54) is 6.07 Å². The minimum absolute atomic E-state index is 0.0312. The highest BCUT2D eigenvalue weighted by Gasteiger charge is 2.15. The van der Waals surface area contributed by atoms with Crippen LogP contribution in [0.3, 0.4) is 0 Å². The van der Waals surface area contributed by atoms with Gasteiger partial charge in [0.2, 0.25) is 5.15 Å². The molecule has 1 aromatic heterocycles. The van der Waals surface area contributed by atoms with Crippen molar-refractivity contribution in [3.63, 3.8) is 0 Å². The monoisotopic (exact) mass is 359 g/mol. The fourth-order valence-corrected chi connectivity index (χ4v) is 2.10. The Morgan fingerprint density at radius 2 is 2.12 bits per heavy atom. The van der Waals surface area contributed by atoms with E-state index in [1.807, 2.05) is 30.3 Å². The molecule has 128 valence electrons. The van der Waals surface area contributed by atoms with Gasteiger partial charge >= 0.3 is 11.8 Å². The van der Waals surface area contributed by atoms with E-state index in [2.05, 4.69) is 22.1 Å². The Morgan fingerprint density at radius 3 is 2.80 bits per heavy atom. The molecule has 0 spiro atoms. The predicted molar refractivity (Wildman–Crippen MR) is 92.1 cm³/mol. The third kappa shape index (κ3) is 5.48. The summed E-state index contributed by atoms with van der Waals surface area (Å²) in [5, 5.41) is 13.1. The highest BCUT2D eigenvalue weighted by Crippen LogP contribution is 2.24. The molecule has 0 radical (unpaired) electrons. The summed E-state index contributed by atoms with van der Waals surface area (Å²) in [5.74, 6) is 5.41. The number of hydrogen-bond acceptors (Lipinski definition) is 5. The van der Waals surface area contributed by atoms with E-state index >= 15 is 0 Å². The van der Waals surface area contributed by atoms with Gasteiger partial charge < -0.3 is 10.1 Å². The van der Waals surface area contributed by atoms with Crippen LogP contribution < -0.4 is 5.32 Å². The second-order valence-corrected chi connectivity index (χ2v) is 5.26. The molecule has 0 fully saturated rings. The summed E-state index contributed by atoms with van der Waals surface area (Å²) >= 11 is 5.71. The Hall–Kier alpha value is -3.11. The van der Waals surface area contributed by atoms with Gasteiger partial charge in [0.25, 0.3) is 0 Å². The zero-order chi connectivity index (χ0) is 18.2. The number of benzene rings is 1. The largest absolute Gasteiger partial charge is 0.445 e. The molecule has 0 aliphatic heterocycles. The number of nitrogens with one attached hydrogen (secondary N) is 1. The summed E-state index contributed by atoms with van der Waals surface area (Å²) < 4.78 is 5.03. The van der Waals surface area contributed by atoms with Crippen LogP contribution in [0.5, 0.6) is 0 Å². The van der Waals surface area contributed by atoms with Crippen LogP contribution in [-0.2, 0) is 11.3 Å². The van der Waals surface area contributed by atoms with Crippen molar-refractivity contribution in [2.45, 2.75) is 13.5 Å². The maximum Gasteiger partial charge on any atom is 0.408 e. The average Bonchev–Trinajstić information content (AvgIpc) is 2.59. The van der Waals surface area contributed by atoms with Gasteiger partial charge in [0.15, 0.2) is 0 Å². The highest BCUT2D eigenvalue weighted by atomic mass is 35.5. The maximum absolute atomic E-state index is 11.6. The maximum atomic E-state index is 11.6. The lowest BCUT2D eigenvalue weighted by Gasteiger charge is -2.04. The number of amides is 1. The molecule has 0 unspecified atom stereocenters. The molecule has 8 heteroatoms. The van der Waals surface area contributed by atoms with Gasteiger partial charge in [-0.15, -0.1) is 0 Å². The molecule has 0 aliphatic rings. The van der Waals surface area contributed by atoms with Gasteiger partial charge in [-0.05, 0) is 12.5 Å². The number of pyridine rings is 1. The molecular formula is C17H14ClN3O4. The zero-order valence-electron chi connectivity index (χ0n) is 13.3. The smallest absolute Gasteiger partial charge is 0.408 e. The summed E-state index contributed by atoms with van der Waals surface area (Å²) in [6.07, 6.45) is -0.602. The third-order valence-electron chi connectivity index (χ3n) is 3.10. The molecule has 0 saturated carbocycles. The van der Waals surface area contributed by atoms with Crippen LogP contribution in [0.15, 0.2) is 36.4 Å². The van der Waals surface area contributed by atoms with Gasteiger partial charge in [-0.3, -0.25) is 10.1 Å². The molecule has 0 saturated heterocycles. The SMILES string of the molecule is Cc1nc(Cl)c([N+](=O)[O-])cc1C#CCNC(=O)OCc1ccccc1. The Kier molecular flexibility index (Phi) is 6.32. The van der Waals surface area contributed by atoms with Crippen molar-refractivity contribution in [3.05, 3.63) is 68.5 Å². The van der Waals surface area contributed by atoms with Crippen LogP contribution in [0.4, 0.5) is 10.5 Å². The van der Waals surface area contributed by atoms with E-state index in [1.54, 1.807) is 6.92 Å². The number of carbonyl (C=O) groups excluding carboxylic acids is 1. The molecule has 0 atom stereocenters. The van der Waals surface area contributed by atoms with Crippen molar-refractivity contribution in [1.29, 1.82) is 0 Å². The van der Waals surface area contributed by atoms with E-state index in [9.17, 15) is 14.9 Å². The van der Waals surface area contributed by atoms with E-state index in [-0.39, 0.29) is 24.0 Å². The number of hydrogen-bond donors (Lipinski definition) is 1. The number of nitrogens with zero attached hydrogens (tertiary/aromatic N) is 2. The van der Waals surface area contributed by atoms with Crippen molar-refractivity contribution in [3.8, 4) is 11.8 Å². The summed E-state index contributed by atoms with van der Waals surface area (Å²) in [7, 11) is 0. The number of rotatable bonds is 4. The molecule has 2 rings (SSSR count). The second-order valence-electron chi connectivity index (χ2n) is 4.91. The Labute approximate surface area is 149 Å². The third-order valence-corrected chi connectivity index (χ3v) is 3.38. The Morgan fingerprint density at radius 1 is 1.40 bits per heavy atom. The van der Waals surface area contributed by atoms with Gasteiger partial charge in [-0.2, -0.15) is 0 Å². The summed E-state index contributed by atoms with van der Waals surface area (Å²) in [4.78, 5) is 25.7. The fourth-order valence-electron chi connectivity index (χ4n) is 1.85. The van der Waals surface area contributed by atoms with Crippen molar-refractivity contribution < 1.29 is 14.5 Å². The van der Waals surface area contributed by atoms with Gasteiger partial charge in [-0.25, -0.2) is 9.78 Å². The van der Waals surface area contributed by atoms with Gasteiger partial charge in [0.1, 0.15) is 6.61 Å². The lowest BCUT2D eigenvalue weighted by atomic mass is 10.2. The van der Waals surface area contributed by atoms with E-state index in [0.717, 1.165) is 5.56 Å². The minimum atomic E-state index is -0.626. The first-order valence-electron chi connectivity index (χ1n) is 7.22. The molecule has 7 nitrogen and oxygen atoms in total. The molecule has 2 aromatic rings. The first kappa shape index (κ1) is 18.2. The molecule has 1 heterocycles. The molecule has 1 aromatic carbocycles. The molecule has 0 aliphatic carbocycles. The lowest BCUT2D eigenvalue weighted by molar-refractivity contribution is -0.385. The predicted octanol–water partition coefficient (Wildman–Crippen LogP) is 3.23. The number of ether oxygens (including phenoxy) is 1. The van der Waals surface area contributed by atoms with Gasteiger partial charge in [0, 0.05) is 6.07 Å². The number of carbonyl (C=O) groups is 1. The van der Waals surface area contributed by atoms with Crippen molar-refractivity contribution in [2.24, 2.45) is 0 Å². The topological polar surface area (TPSA) is 94.4 Å². The summed E-state index contributed by atoms with van der Waals surface area (Å²) in [6, 6.07) is 10.5. The molecular weight excluding hydrogens is 346 g/mol. The standard InChI is InChI=1S/C17H14ClN3O4/c1-12-14(10-15(21(23)24)16(18)20-12)8-5-9-19-17(22)25-11-13-6-3-2-4-7-13/h2-4,6-7,10H,9,11H2,1H3,(H,19,22). The van der Waals surface area contributed by atoms with E-state index in [4.69, 9.17) is 16.3 Å². The van der Waals surface area contributed by atoms with Crippen LogP contribution >= 0.6 is 11.6 Å². The minimum Gasteiger partial charge on any atom is -0.445 e. The fraction of sp³-hybridized carbons (Fsp3) is 0.176.